The monoisotopic (exact) mass is 349 g/mol. The molecule has 0 aliphatic carbocycles. The summed E-state index contributed by atoms with van der Waals surface area (Å²) in [6.07, 6.45) is 1.82. The summed E-state index contributed by atoms with van der Waals surface area (Å²) in [6, 6.07) is 15.5. The predicted molar refractivity (Wildman–Crippen MR) is 104 cm³/mol. The number of nitrogens with one attached hydrogen (secondary N) is 1. The average molecular weight is 349 g/mol. The van der Waals surface area contributed by atoms with Gasteiger partial charge in [-0.2, -0.15) is 0 Å². The molecule has 5 heteroatoms. The van der Waals surface area contributed by atoms with Crippen molar-refractivity contribution in [2.45, 2.75) is 33.2 Å². The van der Waals surface area contributed by atoms with Crippen LogP contribution in [0.15, 0.2) is 53.3 Å². The van der Waals surface area contributed by atoms with Gasteiger partial charge in [0.25, 0.3) is 11.5 Å². The number of benzene rings is 2. The summed E-state index contributed by atoms with van der Waals surface area (Å²) in [5.74, 6) is -0.117. The summed E-state index contributed by atoms with van der Waals surface area (Å²) in [6.45, 7) is 4.81. The molecule has 0 aliphatic rings. The molecule has 0 bridgehead atoms. The molecular weight excluding hydrogens is 326 g/mol. The summed E-state index contributed by atoms with van der Waals surface area (Å²) < 4.78 is 1.68. The molecule has 0 unspecified atom stereocenters. The maximum Gasteiger partial charge on any atom is 0.272 e. The normalized spacial score (nSPS) is 10.8. The maximum absolute atomic E-state index is 12.4. The van der Waals surface area contributed by atoms with E-state index in [1.54, 1.807) is 29.7 Å². The van der Waals surface area contributed by atoms with Crippen molar-refractivity contribution in [3.05, 3.63) is 75.7 Å². The minimum absolute atomic E-state index is 0.0851. The second kappa shape index (κ2) is 7.95. The zero-order valence-electron chi connectivity index (χ0n) is 15.2. The van der Waals surface area contributed by atoms with E-state index in [-0.39, 0.29) is 11.5 Å². The Labute approximate surface area is 152 Å². The Hall–Kier alpha value is -2.95. The van der Waals surface area contributed by atoms with E-state index in [0.717, 1.165) is 18.4 Å². The van der Waals surface area contributed by atoms with Crippen molar-refractivity contribution in [3.63, 3.8) is 0 Å². The molecule has 1 aromatic heterocycles. The number of carbonyl (C=O) groups excluding carboxylic acids is 1. The second-order valence-electron chi connectivity index (χ2n) is 6.30. The topological polar surface area (TPSA) is 64.0 Å². The first kappa shape index (κ1) is 17.9. The third-order valence-electron chi connectivity index (χ3n) is 4.46. The summed E-state index contributed by atoms with van der Waals surface area (Å²) in [7, 11) is 0. The highest BCUT2D eigenvalue weighted by atomic mass is 16.1. The molecule has 26 heavy (non-hydrogen) atoms. The van der Waals surface area contributed by atoms with Crippen LogP contribution in [0, 0.1) is 6.92 Å². The first-order valence-corrected chi connectivity index (χ1v) is 8.93. The van der Waals surface area contributed by atoms with Crippen LogP contribution in [0.4, 0.5) is 0 Å². The minimum Gasteiger partial charge on any atom is -0.352 e. The molecule has 0 radical (unpaired) electrons. The SMILES string of the molecule is CCn1c(=O)c(C)nc2cc(C(=O)NCCCc3ccccc3)ccc21. The number of hydrogen-bond acceptors (Lipinski definition) is 3. The zero-order chi connectivity index (χ0) is 18.5. The van der Waals surface area contributed by atoms with Crippen molar-refractivity contribution >= 4 is 16.9 Å². The van der Waals surface area contributed by atoms with Crippen molar-refractivity contribution in [1.29, 1.82) is 0 Å². The number of fused-ring (bicyclic) bond motifs is 1. The molecule has 1 heterocycles. The van der Waals surface area contributed by atoms with E-state index in [0.29, 0.717) is 29.9 Å². The first-order valence-electron chi connectivity index (χ1n) is 8.93. The number of aromatic nitrogens is 2. The fourth-order valence-corrected chi connectivity index (χ4v) is 3.07. The molecule has 0 atom stereocenters. The molecule has 3 aromatic rings. The Bertz CT molecular complexity index is 978. The van der Waals surface area contributed by atoms with E-state index in [1.807, 2.05) is 25.1 Å². The summed E-state index contributed by atoms with van der Waals surface area (Å²) in [4.78, 5) is 28.9. The van der Waals surface area contributed by atoms with Gasteiger partial charge in [-0.1, -0.05) is 30.3 Å². The van der Waals surface area contributed by atoms with Crippen LogP contribution in [-0.4, -0.2) is 22.0 Å². The van der Waals surface area contributed by atoms with E-state index < -0.39 is 0 Å². The molecule has 0 fully saturated rings. The van der Waals surface area contributed by atoms with Gasteiger partial charge in [0.2, 0.25) is 0 Å². The second-order valence-corrected chi connectivity index (χ2v) is 6.30. The van der Waals surface area contributed by atoms with Gasteiger partial charge in [-0.25, -0.2) is 4.98 Å². The Balaban J connectivity index is 1.68. The fourth-order valence-electron chi connectivity index (χ4n) is 3.07. The zero-order valence-corrected chi connectivity index (χ0v) is 15.2. The van der Waals surface area contributed by atoms with E-state index in [1.165, 1.54) is 5.56 Å². The van der Waals surface area contributed by atoms with Crippen LogP contribution < -0.4 is 10.9 Å². The van der Waals surface area contributed by atoms with Gasteiger partial charge in [0.15, 0.2) is 0 Å². The van der Waals surface area contributed by atoms with E-state index in [9.17, 15) is 9.59 Å². The Kier molecular flexibility index (Phi) is 5.46. The van der Waals surface area contributed by atoms with Crippen LogP contribution >= 0.6 is 0 Å². The molecule has 3 rings (SSSR count). The minimum atomic E-state index is -0.117. The Morgan fingerprint density at radius 2 is 1.92 bits per heavy atom. The van der Waals surface area contributed by atoms with Gasteiger partial charge in [-0.05, 0) is 50.5 Å². The van der Waals surface area contributed by atoms with Gasteiger partial charge < -0.3 is 9.88 Å². The van der Waals surface area contributed by atoms with Crippen molar-refractivity contribution in [2.24, 2.45) is 0 Å². The van der Waals surface area contributed by atoms with E-state index >= 15 is 0 Å². The van der Waals surface area contributed by atoms with Crippen molar-refractivity contribution in [1.82, 2.24) is 14.9 Å². The fraction of sp³-hybridized carbons (Fsp3) is 0.286. The number of rotatable bonds is 6. The smallest absolute Gasteiger partial charge is 0.272 e. The highest BCUT2D eigenvalue weighted by molar-refractivity contribution is 5.97. The van der Waals surface area contributed by atoms with Gasteiger partial charge in [-0.15, -0.1) is 0 Å². The predicted octanol–water partition coefficient (Wildman–Crippen LogP) is 3.09. The lowest BCUT2D eigenvalue weighted by molar-refractivity contribution is 0.0953. The van der Waals surface area contributed by atoms with Crippen LogP contribution in [0.2, 0.25) is 0 Å². The number of hydrogen-bond donors (Lipinski definition) is 1. The molecule has 134 valence electrons. The van der Waals surface area contributed by atoms with Crippen molar-refractivity contribution in [3.8, 4) is 0 Å². The standard InChI is InChI=1S/C21H23N3O2/c1-3-24-19-12-11-17(14-18(19)23-15(2)21(24)26)20(25)22-13-7-10-16-8-5-4-6-9-16/h4-6,8-9,11-12,14H,3,7,10,13H2,1-2H3,(H,22,25). The van der Waals surface area contributed by atoms with Crippen LogP contribution in [-0.2, 0) is 13.0 Å². The molecule has 0 aliphatic heterocycles. The lowest BCUT2D eigenvalue weighted by Gasteiger charge is -2.10. The highest BCUT2D eigenvalue weighted by Crippen LogP contribution is 2.13. The summed E-state index contributed by atoms with van der Waals surface area (Å²) >= 11 is 0. The van der Waals surface area contributed by atoms with Crippen molar-refractivity contribution < 1.29 is 4.79 Å². The lowest BCUT2D eigenvalue weighted by Crippen LogP contribution is -2.26. The molecule has 0 spiro atoms. The molecular formula is C21H23N3O2. The lowest BCUT2D eigenvalue weighted by atomic mass is 10.1. The van der Waals surface area contributed by atoms with E-state index in [2.05, 4.69) is 22.4 Å². The van der Waals surface area contributed by atoms with E-state index in [4.69, 9.17) is 0 Å². The van der Waals surface area contributed by atoms with Gasteiger partial charge in [0.05, 0.1) is 11.0 Å². The number of carbonyl (C=O) groups is 1. The average Bonchev–Trinajstić information content (AvgIpc) is 2.66. The molecule has 1 N–H and O–H groups in total. The van der Waals surface area contributed by atoms with Gasteiger partial charge >= 0.3 is 0 Å². The number of amides is 1. The molecule has 0 saturated heterocycles. The van der Waals surface area contributed by atoms with Crippen LogP contribution in [0.3, 0.4) is 0 Å². The molecule has 2 aromatic carbocycles. The number of aryl methyl sites for hydroxylation is 3. The van der Waals surface area contributed by atoms with Crippen LogP contribution in [0.1, 0.15) is 35.0 Å². The summed E-state index contributed by atoms with van der Waals surface area (Å²) in [5, 5.41) is 2.95. The molecule has 5 nitrogen and oxygen atoms in total. The van der Waals surface area contributed by atoms with Crippen LogP contribution in [0.25, 0.3) is 11.0 Å². The third kappa shape index (κ3) is 3.82. The molecule has 1 amide bonds. The number of nitrogens with zero attached hydrogens (tertiary/aromatic N) is 2. The van der Waals surface area contributed by atoms with Crippen LogP contribution in [0.5, 0.6) is 0 Å². The maximum atomic E-state index is 12.4. The largest absolute Gasteiger partial charge is 0.352 e. The first-order chi connectivity index (χ1) is 12.6. The van der Waals surface area contributed by atoms with Gasteiger partial charge in [-0.3, -0.25) is 9.59 Å². The van der Waals surface area contributed by atoms with Crippen molar-refractivity contribution in [2.75, 3.05) is 6.54 Å². The Morgan fingerprint density at radius 3 is 2.65 bits per heavy atom. The Morgan fingerprint density at radius 1 is 1.15 bits per heavy atom. The van der Waals surface area contributed by atoms with Gasteiger partial charge in [0, 0.05) is 18.7 Å². The molecule has 0 saturated carbocycles. The summed E-state index contributed by atoms with van der Waals surface area (Å²) in [5.41, 5.74) is 3.61. The quantitative estimate of drug-likeness (QED) is 0.696. The highest BCUT2D eigenvalue weighted by Gasteiger charge is 2.11. The third-order valence-corrected chi connectivity index (χ3v) is 4.46. The van der Waals surface area contributed by atoms with Gasteiger partial charge in [0.1, 0.15) is 5.69 Å².